The minimum absolute atomic E-state index is 0.158. The second kappa shape index (κ2) is 13.5. The van der Waals surface area contributed by atoms with Gasteiger partial charge in [0, 0.05) is 13.3 Å². The number of hydrogen-bond acceptors (Lipinski definition) is 10. The van der Waals surface area contributed by atoms with Gasteiger partial charge in [-0.05, 0) is 43.3 Å². The summed E-state index contributed by atoms with van der Waals surface area (Å²) < 4.78 is 28.6. The van der Waals surface area contributed by atoms with Crippen molar-refractivity contribution in [3.05, 3.63) is 108 Å². The summed E-state index contributed by atoms with van der Waals surface area (Å²) in [5, 5.41) is 0. The van der Waals surface area contributed by atoms with E-state index < -0.39 is 54.6 Å². The van der Waals surface area contributed by atoms with E-state index in [0.717, 1.165) is 6.92 Å². The Balaban J connectivity index is 1.77. The van der Waals surface area contributed by atoms with Gasteiger partial charge in [0.25, 0.3) is 0 Å². The number of esters is 4. The van der Waals surface area contributed by atoms with Gasteiger partial charge in [-0.2, -0.15) is 0 Å². The molecule has 10 nitrogen and oxygen atoms in total. The van der Waals surface area contributed by atoms with Crippen LogP contribution in [0.5, 0.6) is 0 Å². The predicted octanol–water partition coefficient (Wildman–Crippen LogP) is 3.93. The fourth-order valence-corrected chi connectivity index (χ4v) is 4.28. The lowest BCUT2D eigenvalue weighted by atomic mass is 9.94. The minimum Gasteiger partial charge on any atom is -0.452 e. The SMILES string of the molecule is CC(=O)C[C@H]1O[C@H](OC(C)=O)[C@H](OC(=O)c2ccccc2)[C@@H](OC(=O)c2ccccc2)[C@@H]1OC(=O)c1ccccc1. The number of benzene rings is 3. The van der Waals surface area contributed by atoms with E-state index in [1.54, 1.807) is 54.6 Å². The summed E-state index contributed by atoms with van der Waals surface area (Å²) in [7, 11) is 0. The van der Waals surface area contributed by atoms with E-state index in [9.17, 15) is 24.0 Å². The maximum Gasteiger partial charge on any atom is 0.338 e. The molecule has 41 heavy (non-hydrogen) atoms. The fourth-order valence-electron chi connectivity index (χ4n) is 4.28. The topological polar surface area (TPSA) is 132 Å². The maximum absolute atomic E-state index is 13.3. The molecular formula is C31H28O10. The van der Waals surface area contributed by atoms with Crippen LogP contribution in [-0.4, -0.2) is 60.4 Å². The van der Waals surface area contributed by atoms with E-state index in [0.29, 0.717) is 0 Å². The van der Waals surface area contributed by atoms with Crippen LogP contribution in [0, 0.1) is 0 Å². The van der Waals surface area contributed by atoms with Gasteiger partial charge in [0.2, 0.25) is 12.4 Å². The molecule has 3 aromatic rings. The number of ether oxygens (including phenoxy) is 5. The number of carbonyl (C=O) groups is 5. The zero-order chi connectivity index (χ0) is 29.4. The third kappa shape index (κ3) is 7.64. The molecule has 5 atom stereocenters. The van der Waals surface area contributed by atoms with E-state index >= 15 is 0 Å². The second-order valence-corrected chi connectivity index (χ2v) is 9.27. The van der Waals surface area contributed by atoms with Crippen molar-refractivity contribution < 1.29 is 47.7 Å². The van der Waals surface area contributed by atoms with E-state index in [4.69, 9.17) is 23.7 Å². The van der Waals surface area contributed by atoms with Gasteiger partial charge in [0.15, 0.2) is 12.2 Å². The highest BCUT2D eigenvalue weighted by Crippen LogP contribution is 2.32. The first-order chi connectivity index (χ1) is 19.7. The van der Waals surface area contributed by atoms with Crippen LogP contribution >= 0.6 is 0 Å². The third-order valence-corrected chi connectivity index (χ3v) is 6.12. The van der Waals surface area contributed by atoms with Crippen LogP contribution in [-0.2, 0) is 33.3 Å². The standard InChI is InChI=1S/C31H28O10/c1-19(32)18-24-25(39-28(34)21-12-6-3-7-13-21)26(40-29(35)22-14-8-4-9-15-22)27(31(38-24)37-20(2)33)41-30(36)23-16-10-5-11-17-23/h3-17,24-27,31H,18H2,1-2H3/t24-,25-,26+,27-,31+/m1/s1. The van der Waals surface area contributed by atoms with Crippen molar-refractivity contribution in [3.63, 3.8) is 0 Å². The number of rotatable bonds is 9. The molecule has 1 heterocycles. The first-order valence-electron chi connectivity index (χ1n) is 12.8. The zero-order valence-electron chi connectivity index (χ0n) is 22.3. The summed E-state index contributed by atoms with van der Waals surface area (Å²) in [5.41, 5.74) is 0.500. The Morgan fingerprint density at radius 1 is 0.561 bits per heavy atom. The van der Waals surface area contributed by atoms with Gasteiger partial charge in [-0.15, -0.1) is 0 Å². The highest BCUT2D eigenvalue weighted by Gasteiger charge is 2.54. The van der Waals surface area contributed by atoms with Gasteiger partial charge in [0.1, 0.15) is 11.9 Å². The molecule has 1 saturated heterocycles. The molecule has 0 bridgehead atoms. The summed E-state index contributed by atoms with van der Waals surface area (Å²) in [5.74, 6) is -3.60. The lowest BCUT2D eigenvalue weighted by Gasteiger charge is -2.44. The van der Waals surface area contributed by atoms with Crippen molar-refractivity contribution in [2.45, 2.75) is 51.0 Å². The van der Waals surface area contributed by atoms with Gasteiger partial charge >= 0.3 is 23.9 Å². The smallest absolute Gasteiger partial charge is 0.338 e. The average Bonchev–Trinajstić information content (AvgIpc) is 2.97. The molecule has 0 amide bonds. The van der Waals surface area contributed by atoms with Crippen LogP contribution in [0.4, 0.5) is 0 Å². The Hall–Kier alpha value is -4.83. The fraction of sp³-hybridized carbons (Fsp3) is 0.258. The Kier molecular flexibility index (Phi) is 9.60. The minimum atomic E-state index is -1.59. The third-order valence-electron chi connectivity index (χ3n) is 6.12. The molecule has 212 valence electrons. The summed E-state index contributed by atoms with van der Waals surface area (Å²) in [6.45, 7) is 2.42. The van der Waals surface area contributed by atoms with Crippen LogP contribution in [0.25, 0.3) is 0 Å². The Morgan fingerprint density at radius 2 is 0.951 bits per heavy atom. The summed E-state index contributed by atoms with van der Waals surface area (Å²) in [4.78, 5) is 63.8. The lowest BCUT2D eigenvalue weighted by molar-refractivity contribution is -0.285. The number of ketones is 1. The summed E-state index contributed by atoms with van der Waals surface area (Å²) in [6.07, 6.45) is -7.64. The quantitative estimate of drug-likeness (QED) is 0.280. The molecule has 1 aliphatic heterocycles. The molecule has 0 unspecified atom stereocenters. The van der Waals surface area contributed by atoms with Crippen molar-refractivity contribution in [2.75, 3.05) is 0 Å². The second-order valence-electron chi connectivity index (χ2n) is 9.27. The van der Waals surface area contributed by atoms with E-state index in [2.05, 4.69) is 0 Å². The molecule has 10 heteroatoms. The van der Waals surface area contributed by atoms with Gasteiger partial charge in [0.05, 0.1) is 16.7 Å². The van der Waals surface area contributed by atoms with Gasteiger partial charge in [-0.1, -0.05) is 54.6 Å². The number of Topliss-reactive ketones (excluding diaryl/α,β-unsaturated/α-hetero) is 1. The maximum atomic E-state index is 13.3. The molecular weight excluding hydrogens is 532 g/mol. The predicted molar refractivity (Wildman–Crippen MR) is 143 cm³/mol. The Labute approximate surface area is 236 Å². The number of hydrogen-bond donors (Lipinski definition) is 0. The van der Waals surface area contributed by atoms with Crippen molar-refractivity contribution in [1.82, 2.24) is 0 Å². The molecule has 0 saturated carbocycles. The Morgan fingerprint density at radius 3 is 1.34 bits per heavy atom. The largest absolute Gasteiger partial charge is 0.452 e. The van der Waals surface area contributed by atoms with Crippen molar-refractivity contribution in [3.8, 4) is 0 Å². The number of carbonyl (C=O) groups excluding carboxylic acids is 5. The molecule has 3 aromatic carbocycles. The molecule has 4 rings (SSSR count). The van der Waals surface area contributed by atoms with Crippen LogP contribution in [0.1, 0.15) is 51.3 Å². The van der Waals surface area contributed by atoms with E-state index in [-0.39, 0.29) is 28.9 Å². The van der Waals surface area contributed by atoms with Gasteiger partial charge < -0.3 is 23.7 Å². The highest BCUT2D eigenvalue weighted by atomic mass is 16.7. The average molecular weight is 561 g/mol. The summed E-state index contributed by atoms with van der Waals surface area (Å²) in [6, 6.07) is 24.0. The van der Waals surface area contributed by atoms with E-state index in [1.165, 1.54) is 43.3 Å². The first-order valence-corrected chi connectivity index (χ1v) is 12.8. The molecule has 1 aliphatic rings. The summed E-state index contributed by atoms with van der Waals surface area (Å²) >= 11 is 0. The van der Waals surface area contributed by atoms with Crippen LogP contribution in [0.2, 0.25) is 0 Å². The van der Waals surface area contributed by atoms with E-state index in [1.807, 2.05) is 0 Å². The monoisotopic (exact) mass is 560 g/mol. The van der Waals surface area contributed by atoms with Crippen LogP contribution < -0.4 is 0 Å². The van der Waals surface area contributed by atoms with Crippen molar-refractivity contribution >= 4 is 29.7 Å². The molecule has 0 aliphatic carbocycles. The highest BCUT2D eigenvalue weighted by molar-refractivity contribution is 5.91. The lowest BCUT2D eigenvalue weighted by Crippen LogP contribution is -2.62. The first kappa shape index (κ1) is 29.2. The zero-order valence-corrected chi connectivity index (χ0v) is 22.3. The molecule has 0 N–H and O–H groups in total. The van der Waals surface area contributed by atoms with Crippen LogP contribution in [0.3, 0.4) is 0 Å². The molecule has 1 fully saturated rings. The normalized spacial score (nSPS) is 21.7. The van der Waals surface area contributed by atoms with Crippen molar-refractivity contribution in [2.24, 2.45) is 0 Å². The molecule has 0 radical (unpaired) electrons. The van der Waals surface area contributed by atoms with Gasteiger partial charge in [-0.25, -0.2) is 14.4 Å². The molecule has 0 spiro atoms. The van der Waals surface area contributed by atoms with Gasteiger partial charge in [-0.3, -0.25) is 9.59 Å². The van der Waals surface area contributed by atoms with Crippen LogP contribution in [0.15, 0.2) is 91.0 Å². The Bertz CT molecular complexity index is 1290. The molecule has 0 aromatic heterocycles. The van der Waals surface area contributed by atoms with Crippen molar-refractivity contribution in [1.29, 1.82) is 0 Å².